The highest BCUT2D eigenvalue weighted by Gasteiger charge is 2.18. The fourth-order valence-electron chi connectivity index (χ4n) is 3.29. The molecule has 0 fully saturated rings. The summed E-state index contributed by atoms with van der Waals surface area (Å²) in [5, 5.41) is 7.57. The Kier molecular flexibility index (Phi) is 7.30. The number of hydrogen-bond donors (Lipinski definition) is 2. The van der Waals surface area contributed by atoms with Crippen molar-refractivity contribution >= 4 is 28.8 Å². The van der Waals surface area contributed by atoms with Gasteiger partial charge in [-0.15, -0.1) is 11.3 Å². The first kappa shape index (κ1) is 21.6. The third kappa shape index (κ3) is 5.10. The zero-order valence-electron chi connectivity index (χ0n) is 17.5. The number of likely N-dealkylation sites (N-methyl/N-ethyl adjacent to an activating group) is 1. The van der Waals surface area contributed by atoms with Crippen LogP contribution in [0.2, 0.25) is 0 Å². The molecule has 0 saturated heterocycles. The van der Waals surface area contributed by atoms with Crippen LogP contribution in [0.15, 0.2) is 47.8 Å². The van der Waals surface area contributed by atoms with Crippen molar-refractivity contribution in [1.82, 2.24) is 9.88 Å². The Hall–Kier alpha value is -3.06. The van der Waals surface area contributed by atoms with E-state index < -0.39 is 0 Å². The predicted octanol–water partition coefficient (Wildman–Crippen LogP) is 4.57. The van der Waals surface area contributed by atoms with Crippen molar-refractivity contribution < 1.29 is 14.3 Å². The normalized spacial score (nSPS) is 10.6. The second-order valence-electron chi connectivity index (χ2n) is 6.91. The fourth-order valence-corrected chi connectivity index (χ4v) is 4.06. The van der Waals surface area contributed by atoms with Crippen LogP contribution in [-0.2, 0) is 11.2 Å². The molecular weight excluding hydrogens is 398 g/mol. The van der Waals surface area contributed by atoms with Crippen LogP contribution in [0, 0.1) is 6.92 Å². The topological polar surface area (TPSA) is 72.4 Å². The van der Waals surface area contributed by atoms with Gasteiger partial charge in [0.05, 0.1) is 5.69 Å². The van der Waals surface area contributed by atoms with Gasteiger partial charge >= 0.3 is 0 Å². The number of rotatable bonds is 9. The Morgan fingerprint density at radius 1 is 1.13 bits per heavy atom. The zero-order chi connectivity index (χ0) is 21.5. The Balaban J connectivity index is 1.76. The van der Waals surface area contributed by atoms with Crippen LogP contribution < -0.4 is 15.4 Å². The first-order valence-corrected chi connectivity index (χ1v) is 11.0. The number of aromatic nitrogens is 1. The number of hydrogen-bond acceptors (Lipinski definition) is 4. The van der Waals surface area contributed by atoms with Crippen molar-refractivity contribution in [3.8, 4) is 11.4 Å². The number of nitrogens with zero attached hydrogens (tertiary/aromatic N) is 1. The van der Waals surface area contributed by atoms with E-state index in [1.165, 1.54) is 17.0 Å². The molecule has 2 N–H and O–H groups in total. The maximum Gasteiger partial charge on any atom is 0.267 e. The summed E-state index contributed by atoms with van der Waals surface area (Å²) in [5.41, 5.74) is 3.81. The highest BCUT2D eigenvalue weighted by molar-refractivity contribution is 7.12. The number of aryl methyl sites for hydroxylation is 2. The molecule has 3 aromatic rings. The summed E-state index contributed by atoms with van der Waals surface area (Å²) < 4.78 is 7.66. The van der Waals surface area contributed by atoms with Gasteiger partial charge in [-0.25, -0.2) is 0 Å². The molecule has 0 radical (unpaired) electrons. The average Bonchev–Trinajstić information content (AvgIpc) is 3.34. The molecular formula is C23H27N3O3S. The van der Waals surface area contributed by atoms with E-state index in [0.717, 1.165) is 24.2 Å². The molecule has 0 saturated carbocycles. The van der Waals surface area contributed by atoms with Crippen LogP contribution in [0.3, 0.4) is 0 Å². The molecule has 0 unspecified atom stereocenters. The third-order valence-electron chi connectivity index (χ3n) is 4.59. The molecule has 0 aliphatic rings. The quantitative estimate of drug-likeness (QED) is 0.528. The molecule has 0 aliphatic heterocycles. The minimum Gasteiger partial charge on any atom is -0.484 e. The summed E-state index contributed by atoms with van der Waals surface area (Å²) >= 11 is 1.42. The summed E-state index contributed by atoms with van der Waals surface area (Å²) in [7, 11) is 0. The van der Waals surface area contributed by atoms with Crippen molar-refractivity contribution in [3.05, 3.63) is 64.1 Å². The average molecular weight is 426 g/mol. The highest BCUT2D eigenvalue weighted by atomic mass is 32.1. The lowest BCUT2D eigenvalue weighted by Gasteiger charge is -2.13. The number of ether oxygens (including phenoxy) is 1. The lowest BCUT2D eigenvalue weighted by atomic mass is 10.2. The summed E-state index contributed by atoms with van der Waals surface area (Å²) in [6.07, 6.45) is 1.99. The van der Waals surface area contributed by atoms with E-state index in [-0.39, 0.29) is 18.4 Å². The van der Waals surface area contributed by atoms with Gasteiger partial charge in [0.2, 0.25) is 0 Å². The first-order chi connectivity index (χ1) is 14.5. The van der Waals surface area contributed by atoms with Gasteiger partial charge in [-0.05, 0) is 56.0 Å². The number of thiophene rings is 1. The molecule has 1 aromatic carbocycles. The van der Waals surface area contributed by atoms with Gasteiger partial charge in [-0.3, -0.25) is 9.59 Å². The number of carbonyl (C=O) groups is 2. The highest BCUT2D eigenvalue weighted by Crippen LogP contribution is 2.27. The second kappa shape index (κ2) is 10.1. The van der Waals surface area contributed by atoms with Crippen molar-refractivity contribution in [1.29, 1.82) is 0 Å². The Morgan fingerprint density at radius 3 is 2.73 bits per heavy atom. The molecule has 30 heavy (non-hydrogen) atoms. The van der Waals surface area contributed by atoms with E-state index in [0.29, 0.717) is 22.9 Å². The summed E-state index contributed by atoms with van der Waals surface area (Å²) in [4.78, 5) is 25.2. The van der Waals surface area contributed by atoms with Gasteiger partial charge in [-0.2, -0.15) is 0 Å². The van der Waals surface area contributed by atoms with Crippen molar-refractivity contribution in [3.63, 3.8) is 0 Å². The van der Waals surface area contributed by atoms with Crippen LogP contribution >= 0.6 is 11.3 Å². The SMILES string of the molecule is CCCc1ccc(C)n1-c1ccsc1C(=O)Nc1cccc(OCC(=O)NCC)c1. The summed E-state index contributed by atoms with van der Waals surface area (Å²) in [5.74, 6) is 0.175. The van der Waals surface area contributed by atoms with Crippen LogP contribution in [0.1, 0.15) is 41.3 Å². The lowest BCUT2D eigenvalue weighted by Crippen LogP contribution is -2.28. The van der Waals surface area contributed by atoms with Crippen LogP contribution in [0.5, 0.6) is 5.75 Å². The number of anilines is 1. The van der Waals surface area contributed by atoms with Crippen LogP contribution in [-0.4, -0.2) is 29.5 Å². The molecule has 158 valence electrons. The van der Waals surface area contributed by atoms with Gasteiger partial charge in [0, 0.05) is 29.7 Å². The lowest BCUT2D eigenvalue weighted by molar-refractivity contribution is -0.122. The molecule has 7 heteroatoms. The molecule has 0 atom stereocenters. The number of amides is 2. The molecule has 2 amide bonds. The van der Waals surface area contributed by atoms with Crippen LogP contribution in [0.25, 0.3) is 5.69 Å². The van der Waals surface area contributed by atoms with Gasteiger partial charge in [0.1, 0.15) is 10.6 Å². The molecule has 0 aliphatic carbocycles. The summed E-state index contributed by atoms with van der Waals surface area (Å²) in [6, 6.07) is 13.2. The van der Waals surface area contributed by atoms with E-state index >= 15 is 0 Å². The van der Waals surface area contributed by atoms with Gasteiger partial charge in [-0.1, -0.05) is 19.4 Å². The van der Waals surface area contributed by atoms with E-state index in [9.17, 15) is 9.59 Å². The predicted molar refractivity (Wildman–Crippen MR) is 121 cm³/mol. The monoisotopic (exact) mass is 425 g/mol. The maximum atomic E-state index is 13.0. The largest absolute Gasteiger partial charge is 0.484 e. The summed E-state index contributed by atoms with van der Waals surface area (Å²) in [6.45, 7) is 6.55. The molecule has 2 aromatic heterocycles. The Morgan fingerprint density at radius 2 is 1.97 bits per heavy atom. The van der Waals surface area contributed by atoms with Crippen molar-refractivity contribution in [2.24, 2.45) is 0 Å². The van der Waals surface area contributed by atoms with Gasteiger partial charge in [0.25, 0.3) is 11.8 Å². The third-order valence-corrected chi connectivity index (χ3v) is 5.49. The van der Waals surface area contributed by atoms with E-state index in [1.54, 1.807) is 24.3 Å². The van der Waals surface area contributed by atoms with E-state index in [2.05, 4.69) is 34.3 Å². The van der Waals surface area contributed by atoms with E-state index in [1.807, 2.05) is 25.3 Å². The smallest absolute Gasteiger partial charge is 0.267 e. The molecule has 0 spiro atoms. The molecule has 0 bridgehead atoms. The number of nitrogens with one attached hydrogen (secondary N) is 2. The van der Waals surface area contributed by atoms with Crippen molar-refractivity contribution in [2.75, 3.05) is 18.5 Å². The molecule has 3 rings (SSSR count). The molecule has 2 heterocycles. The standard InChI is InChI=1S/C23H27N3O3S/c1-4-7-18-11-10-16(3)26(18)20-12-13-30-22(20)23(28)25-17-8-6-9-19(14-17)29-15-21(27)24-5-2/h6,8-14H,4-5,7,15H2,1-3H3,(H,24,27)(H,25,28). The minimum absolute atomic E-state index is 0.0621. The number of carbonyl (C=O) groups excluding carboxylic acids is 2. The molecule has 6 nitrogen and oxygen atoms in total. The van der Waals surface area contributed by atoms with Gasteiger partial charge in [0.15, 0.2) is 6.61 Å². The first-order valence-electron chi connectivity index (χ1n) is 10.1. The van der Waals surface area contributed by atoms with E-state index in [4.69, 9.17) is 4.74 Å². The Bertz CT molecular complexity index is 1020. The van der Waals surface area contributed by atoms with Crippen molar-refractivity contribution in [2.45, 2.75) is 33.6 Å². The maximum absolute atomic E-state index is 13.0. The van der Waals surface area contributed by atoms with Gasteiger partial charge < -0.3 is 19.9 Å². The van der Waals surface area contributed by atoms with Crippen LogP contribution in [0.4, 0.5) is 5.69 Å². The second-order valence-corrected chi connectivity index (χ2v) is 7.83. The Labute approximate surface area is 180 Å². The number of benzene rings is 1. The zero-order valence-corrected chi connectivity index (χ0v) is 18.3. The minimum atomic E-state index is -0.180. The fraction of sp³-hybridized carbons (Fsp3) is 0.304.